The Morgan fingerprint density at radius 2 is 2.05 bits per heavy atom. The minimum absolute atomic E-state index is 0.0982. The van der Waals surface area contributed by atoms with E-state index in [0.717, 1.165) is 6.07 Å². The zero-order valence-corrected chi connectivity index (χ0v) is 12.3. The van der Waals surface area contributed by atoms with Gasteiger partial charge >= 0.3 is 6.18 Å². The number of hydrogen-bond acceptors (Lipinski definition) is 5. The Morgan fingerprint density at radius 1 is 1.32 bits per heavy atom. The maximum Gasteiger partial charge on any atom is 0.433 e. The fourth-order valence-corrected chi connectivity index (χ4v) is 1.92. The third kappa shape index (κ3) is 3.53. The van der Waals surface area contributed by atoms with Crippen LogP contribution in [0, 0.1) is 6.92 Å². The van der Waals surface area contributed by atoms with Crippen molar-refractivity contribution in [1.82, 2.24) is 19.7 Å². The van der Waals surface area contributed by atoms with Gasteiger partial charge in [-0.1, -0.05) is 0 Å². The van der Waals surface area contributed by atoms with Gasteiger partial charge in [0.15, 0.2) is 5.69 Å². The van der Waals surface area contributed by atoms with Gasteiger partial charge in [-0.15, -0.1) is 0 Å². The van der Waals surface area contributed by atoms with E-state index in [9.17, 15) is 13.2 Å². The van der Waals surface area contributed by atoms with Crippen LogP contribution in [-0.4, -0.2) is 32.8 Å². The van der Waals surface area contributed by atoms with Gasteiger partial charge in [-0.05, 0) is 19.9 Å². The molecule has 0 amide bonds. The number of rotatable bonds is 5. The molecule has 120 valence electrons. The molecular formula is C13H17F3N6. The van der Waals surface area contributed by atoms with E-state index in [0.29, 0.717) is 17.8 Å². The molecule has 9 heteroatoms. The molecule has 0 bridgehead atoms. The lowest BCUT2D eigenvalue weighted by Crippen LogP contribution is -2.17. The van der Waals surface area contributed by atoms with Crippen LogP contribution in [0.1, 0.15) is 18.3 Å². The largest absolute Gasteiger partial charge is 0.433 e. The fourth-order valence-electron chi connectivity index (χ4n) is 1.92. The summed E-state index contributed by atoms with van der Waals surface area (Å²) in [5.74, 6) is -0.0982. The minimum Gasteiger partial charge on any atom is -0.353 e. The molecule has 2 heterocycles. The van der Waals surface area contributed by atoms with Crippen molar-refractivity contribution in [2.24, 2.45) is 5.73 Å². The van der Waals surface area contributed by atoms with Crippen molar-refractivity contribution in [3.8, 4) is 11.3 Å². The number of nitrogens with one attached hydrogen (secondary N) is 1. The molecule has 2 rings (SSSR count). The average molecular weight is 314 g/mol. The summed E-state index contributed by atoms with van der Waals surface area (Å²) < 4.78 is 40.6. The molecular weight excluding hydrogens is 297 g/mol. The molecule has 2 aromatic heterocycles. The van der Waals surface area contributed by atoms with Crippen LogP contribution in [0.3, 0.4) is 0 Å². The van der Waals surface area contributed by atoms with E-state index >= 15 is 0 Å². The second-order valence-electron chi connectivity index (χ2n) is 4.66. The highest BCUT2D eigenvalue weighted by atomic mass is 19.4. The second kappa shape index (κ2) is 6.30. The molecule has 6 nitrogen and oxygen atoms in total. The van der Waals surface area contributed by atoms with Crippen LogP contribution in [0.25, 0.3) is 11.3 Å². The van der Waals surface area contributed by atoms with Crippen molar-refractivity contribution >= 4 is 5.95 Å². The molecule has 0 spiro atoms. The predicted molar refractivity (Wildman–Crippen MR) is 76.2 cm³/mol. The van der Waals surface area contributed by atoms with Gasteiger partial charge in [0.1, 0.15) is 0 Å². The lowest BCUT2D eigenvalue weighted by molar-refractivity contribution is -0.141. The summed E-state index contributed by atoms with van der Waals surface area (Å²) in [6.45, 7) is 4.79. The number of nitrogens with zero attached hydrogens (tertiary/aromatic N) is 4. The molecule has 0 aliphatic carbocycles. The summed E-state index contributed by atoms with van der Waals surface area (Å²) >= 11 is 0. The summed E-state index contributed by atoms with van der Waals surface area (Å²) in [6.07, 6.45) is -2.88. The molecule has 22 heavy (non-hydrogen) atoms. The van der Waals surface area contributed by atoms with E-state index in [1.165, 1.54) is 0 Å². The maximum absolute atomic E-state index is 13.0. The van der Waals surface area contributed by atoms with Crippen LogP contribution in [0.2, 0.25) is 0 Å². The lowest BCUT2D eigenvalue weighted by atomic mass is 10.1. The van der Waals surface area contributed by atoms with E-state index < -0.39 is 11.9 Å². The molecule has 0 saturated carbocycles. The summed E-state index contributed by atoms with van der Waals surface area (Å²) in [5.41, 5.74) is 5.68. The van der Waals surface area contributed by atoms with E-state index in [1.807, 2.05) is 6.92 Å². The molecule has 0 aliphatic rings. The molecule has 0 atom stereocenters. The van der Waals surface area contributed by atoms with Gasteiger partial charge in [0, 0.05) is 31.4 Å². The van der Waals surface area contributed by atoms with Gasteiger partial charge < -0.3 is 11.1 Å². The van der Waals surface area contributed by atoms with Crippen LogP contribution in [0.15, 0.2) is 12.3 Å². The number of hydrogen-bond donors (Lipinski definition) is 2. The fraction of sp³-hybridized carbons (Fsp3) is 0.462. The molecule has 0 radical (unpaired) electrons. The first-order valence-electron chi connectivity index (χ1n) is 6.79. The highest BCUT2D eigenvalue weighted by molar-refractivity contribution is 5.62. The predicted octanol–water partition coefficient (Wildman–Crippen LogP) is 2.06. The van der Waals surface area contributed by atoms with Crippen LogP contribution < -0.4 is 11.1 Å². The Hall–Kier alpha value is -2.16. The van der Waals surface area contributed by atoms with Crippen LogP contribution in [0.5, 0.6) is 0 Å². The molecule has 0 saturated heterocycles. The van der Waals surface area contributed by atoms with E-state index in [2.05, 4.69) is 20.4 Å². The lowest BCUT2D eigenvalue weighted by Gasteiger charge is -2.11. The van der Waals surface area contributed by atoms with Crippen molar-refractivity contribution in [3.63, 3.8) is 0 Å². The summed E-state index contributed by atoms with van der Waals surface area (Å²) in [4.78, 5) is 7.63. The quantitative estimate of drug-likeness (QED) is 0.883. The zero-order chi connectivity index (χ0) is 16.3. The van der Waals surface area contributed by atoms with Gasteiger partial charge in [-0.25, -0.2) is 9.97 Å². The Labute approximate surface area is 125 Å². The first-order valence-corrected chi connectivity index (χ1v) is 6.79. The monoisotopic (exact) mass is 314 g/mol. The van der Waals surface area contributed by atoms with Crippen molar-refractivity contribution in [1.29, 1.82) is 0 Å². The summed E-state index contributed by atoms with van der Waals surface area (Å²) in [7, 11) is 0. The minimum atomic E-state index is -4.55. The Kier molecular flexibility index (Phi) is 4.65. The van der Waals surface area contributed by atoms with Crippen molar-refractivity contribution in [3.05, 3.63) is 23.7 Å². The van der Waals surface area contributed by atoms with Gasteiger partial charge in [0.25, 0.3) is 0 Å². The third-order valence-corrected chi connectivity index (χ3v) is 2.99. The van der Waals surface area contributed by atoms with Crippen molar-refractivity contribution in [2.45, 2.75) is 26.6 Å². The maximum atomic E-state index is 13.0. The van der Waals surface area contributed by atoms with E-state index in [-0.39, 0.29) is 24.7 Å². The molecule has 0 aliphatic heterocycles. The van der Waals surface area contributed by atoms with E-state index in [4.69, 9.17) is 5.73 Å². The third-order valence-electron chi connectivity index (χ3n) is 2.99. The van der Waals surface area contributed by atoms with Crippen LogP contribution >= 0.6 is 0 Å². The van der Waals surface area contributed by atoms with Crippen LogP contribution in [-0.2, 0) is 12.7 Å². The number of nitrogens with two attached hydrogens (primary N) is 1. The van der Waals surface area contributed by atoms with Crippen molar-refractivity contribution in [2.75, 3.05) is 18.4 Å². The Balaban J connectivity index is 2.51. The van der Waals surface area contributed by atoms with Gasteiger partial charge in [0.2, 0.25) is 5.95 Å². The Morgan fingerprint density at radius 3 is 2.59 bits per heavy atom. The van der Waals surface area contributed by atoms with Gasteiger partial charge in [0.05, 0.1) is 11.4 Å². The summed E-state index contributed by atoms with van der Waals surface area (Å²) in [5, 5.41) is 6.91. The molecule has 0 fully saturated rings. The molecule has 0 unspecified atom stereocenters. The normalized spacial score (nSPS) is 11.7. The average Bonchev–Trinajstić information content (AvgIpc) is 2.85. The highest BCUT2D eigenvalue weighted by Crippen LogP contribution is 2.31. The number of aromatic nitrogens is 4. The van der Waals surface area contributed by atoms with E-state index in [1.54, 1.807) is 17.8 Å². The van der Waals surface area contributed by atoms with Crippen molar-refractivity contribution < 1.29 is 13.2 Å². The van der Waals surface area contributed by atoms with Gasteiger partial charge in [-0.2, -0.15) is 18.3 Å². The molecule has 0 aromatic carbocycles. The first-order chi connectivity index (χ1) is 10.3. The molecule has 3 N–H and O–H groups in total. The number of aryl methyl sites for hydroxylation is 2. The number of alkyl halides is 3. The number of anilines is 1. The SMILES string of the molecule is CCn1cc(-c2cc(C(F)(F)F)nc(NCCN)n2)c(C)n1. The smallest absolute Gasteiger partial charge is 0.353 e. The topological polar surface area (TPSA) is 81.7 Å². The second-order valence-corrected chi connectivity index (χ2v) is 4.66. The zero-order valence-electron chi connectivity index (χ0n) is 12.3. The molecule has 2 aromatic rings. The number of halogens is 3. The summed E-state index contributed by atoms with van der Waals surface area (Å²) in [6, 6.07) is 0.928. The van der Waals surface area contributed by atoms with Gasteiger partial charge in [-0.3, -0.25) is 4.68 Å². The first kappa shape index (κ1) is 16.2. The highest BCUT2D eigenvalue weighted by Gasteiger charge is 2.34. The van der Waals surface area contributed by atoms with Crippen LogP contribution in [0.4, 0.5) is 19.1 Å². The standard InChI is InChI=1S/C13H17F3N6/c1-3-22-7-9(8(2)21-22)10-6-11(13(14,15)16)20-12(19-10)18-5-4-17/h6-7H,3-5,17H2,1-2H3,(H,18,19,20). The Bertz CT molecular complexity index is 650.